The minimum Gasteiger partial charge on any atom is -0.453 e. The average molecular weight is 465 g/mol. The van der Waals surface area contributed by atoms with E-state index in [4.69, 9.17) is 0 Å². The number of para-hydroxylation sites is 2. The van der Waals surface area contributed by atoms with Crippen LogP contribution in [0.2, 0.25) is 0 Å². The predicted octanol–water partition coefficient (Wildman–Crippen LogP) is 6.39. The molecule has 1 amide bonds. The first-order valence-corrected chi connectivity index (χ1v) is 12.4. The van der Waals surface area contributed by atoms with Crippen molar-refractivity contribution < 1.29 is 9.53 Å². The number of nitrogens with one attached hydrogen (secondary N) is 2. The summed E-state index contributed by atoms with van der Waals surface area (Å²) >= 11 is 0. The molecule has 0 aliphatic carbocycles. The molecule has 1 aliphatic heterocycles. The number of ether oxygens (including phenoxy) is 1. The zero-order valence-corrected chi connectivity index (χ0v) is 21.4. The number of piperidine rings is 1. The van der Waals surface area contributed by atoms with Crippen LogP contribution in [0.1, 0.15) is 58.1 Å². The standard InChI is InChI=1S/C19H31N.C9H9N3O2/c1-16(15-20-12-6-5-7-13-20)14-17-8-10-18(11-9-17)19(2,3)4;1-14-9(13)12-8-10-6-4-2-3-5-7(6)11-8/h8-11,16H,5-7,12-15H2,1-4H3;2-5H,1H3,(H2,10,11,12,13). The van der Waals surface area contributed by atoms with Crippen molar-refractivity contribution in [3.63, 3.8) is 0 Å². The molecule has 1 atom stereocenters. The molecule has 0 saturated carbocycles. The average Bonchev–Trinajstić information content (AvgIpc) is 3.22. The van der Waals surface area contributed by atoms with Crippen LogP contribution >= 0.6 is 0 Å². The Morgan fingerprint density at radius 3 is 2.38 bits per heavy atom. The van der Waals surface area contributed by atoms with Crippen LogP contribution in [0, 0.1) is 5.92 Å². The summed E-state index contributed by atoms with van der Waals surface area (Å²) in [6, 6.07) is 16.8. The number of imidazole rings is 1. The second-order valence-electron chi connectivity index (χ2n) is 10.3. The number of benzene rings is 2. The summed E-state index contributed by atoms with van der Waals surface area (Å²) in [5, 5.41) is 2.45. The minimum absolute atomic E-state index is 0.262. The quantitative estimate of drug-likeness (QED) is 0.459. The Labute approximate surface area is 204 Å². The molecular formula is C28H40N4O2. The van der Waals surface area contributed by atoms with Gasteiger partial charge in [0.05, 0.1) is 18.1 Å². The van der Waals surface area contributed by atoms with Crippen LogP contribution in [0.4, 0.5) is 10.7 Å². The SMILES string of the molecule is CC(Cc1ccc(C(C)(C)C)cc1)CN1CCCCC1.COC(=O)Nc1nc2ccccc2[nH]1. The van der Waals surface area contributed by atoms with E-state index < -0.39 is 6.09 Å². The molecule has 34 heavy (non-hydrogen) atoms. The van der Waals surface area contributed by atoms with Gasteiger partial charge in [-0.25, -0.2) is 9.78 Å². The van der Waals surface area contributed by atoms with Crippen molar-refractivity contribution in [3.05, 3.63) is 59.7 Å². The third-order valence-corrected chi connectivity index (χ3v) is 6.22. The molecule has 2 heterocycles. The molecule has 1 fully saturated rings. The van der Waals surface area contributed by atoms with Gasteiger partial charge in [0.15, 0.2) is 0 Å². The maximum Gasteiger partial charge on any atom is 0.413 e. The molecule has 4 rings (SSSR count). The first kappa shape index (κ1) is 25.8. The van der Waals surface area contributed by atoms with Crippen LogP contribution in [-0.4, -0.2) is 47.7 Å². The summed E-state index contributed by atoms with van der Waals surface area (Å²) in [4.78, 5) is 20.6. The van der Waals surface area contributed by atoms with Crippen LogP contribution in [0.3, 0.4) is 0 Å². The van der Waals surface area contributed by atoms with Crippen molar-refractivity contribution in [3.8, 4) is 0 Å². The second-order valence-corrected chi connectivity index (χ2v) is 10.3. The lowest BCUT2D eigenvalue weighted by atomic mass is 9.86. The molecule has 0 radical (unpaired) electrons. The maximum atomic E-state index is 10.9. The summed E-state index contributed by atoms with van der Waals surface area (Å²) in [6.07, 6.45) is 4.89. The van der Waals surface area contributed by atoms with Gasteiger partial charge in [-0.1, -0.05) is 70.5 Å². The lowest BCUT2D eigenvalue weighted by molar-refractivity contribution is 0.186. The normalized spacial score (nSPS) is 15.3. The highest BCUT2D eigenvalue weighted by molar-refractivity contribution is 5.86. The van der Waals surface area contributed by atoms with Crippen molar-refractivity contribution in [2.45, 2.75) is 58.8 Å². The van der Waals surface area contributed by atoms with Gasteiger partial charge in [0, 0.05) is 6.54 Å². The summed E-state index contributed by atoms with van der Waals surface area (Å²) in [5.74, 6) is 1.15. The number of hydrogen-bond acceptors (Lipinski definition) is 4. The number of amides is 1. The molecule has 1 saturated heterocycles. The number of carbonyl (C=O) groups is 1. The van der Waals surface area contributed by atoms with E-state index in [1.807, 2.05) is 24.3 Å². The van der Waals surface area contributed by atoms with Gasteiger partial charge >= 0.3 is 6.09 Å². The predicted molar refractivity (Wildman–Crippen MR) is 140 cm³/mol. The molecule has 0 bridgehead atoms. The van der Waals surface area contributed by atoms with E-state index >= 15 is 0 Å². The van der Waals surface area contributed by atoms with Crippen LogP contribution < -0.4 is 5.32 Å². The molecule has 1 aliphatic rings. The van der Waals surface area contributed by atoms with Gasteiger partial charge in [-0.3, -0.25) is 5.32 Å². The Hall–Kier alpha value is -2.86. The summed E-state index contributed by atoms with van der Waals surface area (Å²) in [7, 11) is 1.30. The molecule has 2 N–H and O–H groups in total. The van der Waals surface area contributed by atoms with Crippen molar-refractivity contribution in [2.24, 2.45) is 5.92 Å². The maximum absolute atomic E-state index is 10.9. The number of carbonyl (C=O) groups excluding carboxylic acids is 1. The minimum atomic E-state index is -0.538. The smallest absolute Gasteiger partial charge is 0.413 e. The number of fused-ring (bicyclic) bond motifs is 1. The molecule has 3 aromatic rings. The second kappa shape index (κ2) is 12.0. The third-order valence-electron chi connectivity index (χ3n) is 6.22. The molecular weight excluding hydrogens is 424 g/mol. The number of methoxy groups -OCH3 is 1. The molecule has 0 spiro atoms. The van der Waals surface area contributed by atoms with E-state index in [0.29, 0.717) is 5.95 Å². The van der Waals surface area contributed by atoms with Gasteiger partial charge in [0.2, 0.25) is 5.95 Å². The molecule has 1 unspecified atom stereocenters. The van der Waals surface area contributed by atoms with E-state index in [2.05, 4.69) is 76.9 Å². The Kier molecular flexibility index (Phi) is 9.11. The zero-order chi connectivity index (χ0) is 24.6. The van der Waals surface area contributed by atoms with Crippen LogP contribution in [-0.2, 0) is 16.6 Å². The van der Waals surface area contributed by atoms with Gasteiger partial charge in [0.1, 0.15) is 0 Å². The van der Waals surface area contributed by atoms with Crippen LogP contribution in [0.25, 0.3) is 11.0 Å². The lowest BCUT2D eigenvalue weighted by Gasteiger charge is -2.29. The van der Waals surface area contributed by atoms with E-state index in [-0.39, 0.29) is 5.41 Å². The first-order valence-electron chi connectivity index (χ1n) is 12.4. The van der Waals surface area contributed by atoms with Crippen molar-refractivity contribution in [2.75, 3.05) is 32.1 Å². The highest BCUT2D eigenvalue weighted by atomic mass is 16.5. The molecule has 184 valence electrons. The molecule has 6 nitrogen and oxygen atoms in total. The Morgan fingerprint density at radius 1 is 1.09 bits per heavy atom. The van der Waals surface area contributed by atoms with Gasteiger partial charge in [0.25, 0.3) is 0 Å². The highest BCUT2D eigenvalue weighted by Crippen LogP contribution is 2.23. The van der Waals surface area contributed by atoms with Crippen molar-refractivity contribution >= 4 is 23.1 Å². The van der Waals surface area contributed by atoms with Crippen molar-refractivity contribution in [1.82, 2.24) is 14.9 Å². The topological polar surface area (TPSA) is 70.2 Å². The van der Waals surface area contributed by atoms with E-state index in [1.165, 1.54) is 63.6 Å². The largest absolute Gasteiger partial charge is 0.453 e. The number of anilines is 1. The Morgan fingerprint density at radius 2 is 1.76 bits per heavy atom. The van der Waals surface area contributed by atoms with Crippen molar-refractivity contribution in [1.29, 1.82) is 0 Å². The fraction of sp³-hybridized carbons (Fsp3) is 0.500. The molecule has 2 aromatic carbocycles. The number of H-pyrrole nitrogens is 1. The monoisotopic (exact) mass is 464 g/mol. The van der Waals surface area contributed by atoms with Gasteiger partial charge < -0.3 is 14.6 Å². The number of likely N-dealkylation sites (tertiary alicyclic amines) is 1. The highest BCUT2D eigenvalue weighted by Gasteiger charge is 2.15. The molecule has 6 heteroatoms. The number of aromatic amines is 1. The number of hydrogen-bond donors (Lipinski definition) is 2. The fourth-order valence-corrected chi connectivity index (χ4v) is 4.35. The van der Waals surface area contributed by atoms with Crippen LogP contribution in [0.5, 0.6) is 0 Å². The van der Waals surface area contributed by atoms with E-state index in [9.17, 15) is 4.79 Å². The van der Waals surface area contributed by atoms with E-state index in [0.717, 1.165) is 17.0 Å². The van der Waals surface area contributed by atoms with Gasteiger partial charge in [-0.05, 0) is 66.9 Å². The Balaban J connectivity index is 0.000000202. The number of aromatic nitrogens is 2. The third kappa shape index (κ3) is 7.87. The van der Waals surface area contributed by atoms with E-state index in [1.54, 1.807) is 0 Å². The van der Waals surface area contributed by atoms with Gasteiger partial charge in [-0.2, -0.15) is 0 Å². The number of rotatable bonds is 5. The lowest BCUT2D eigenvalue weighted by Crippen LogP contribution is -2.34. The fourth-order valence-electron chi connectivity index (χ4n) is 4.35. The Bertz CT molecular complexity index is 997. The summed E-state index contributed by atoms with van der Waals surface area (Å²) in [5.41, 5.74) is 4.86. The molecule has 1 aromatic heterocycles. The first-order chi connectivity index (χ1) is 16.2. The number of nitrogens with zero attached hydrogens (tertiary/aromatic N) is 2. The zero-order valence-electron chi connectivity index (χ0n) is 21.4. The van der Waals surface area contributed by atoms with Crippen LogP contribution in [0.15, 0.2) is 48.5 Å². The summed E-state index contributed by atoms with van der Waals surface area (Å²) in [6.45, 7) is 13.1. The summed E-state index contributed by atoms with van der Waals surface area (Å²) < 4.78 is 4.44. The van der Waals surface area contributed by atoms with Gasteiger partial charge in [-0.15, -0.1) is 0 Å².